The molecule has 2 aromatic rings. The standard InChI is InChI=1S/C17H17ClN2O3/c1-11-4-6-14(15(18)8-11)17(21)20-19-10-12-9-13(22-2)5-7-16(12)23-3/h4-10H,1-3H3,(H,20,21)/b19-10+. The molecule has 0 saturated carbocycles. The summed E-state index contributed by atoms with van der Waals surface area (Å²) in [7, 11) is 3.13. The van der Waals surface area contributed by atoms with Gasteiger partial charge in [0.1, 0.15) is 11.5 Å². The van der Waals surface area contributed by atoms with Gasteiger partial charge in [0.2, 0.25) is 0 Å². The van der Waals surface area contributed by atoms with Crippen molar-refractivity contribution in [1.82, 2.24) is 5.43 Å². The number of nitrogens with zero attached hydrogens (tertiary/aromatic N) is 1. The molecule has 120 valence electrons. The molecule has 5 nitrogen and oxygen atoms in total. The number of rotatable bonds is 5. The highest BCUT2D eigenvalue weighted by Crippen LogP contribution is 2.22. The Kier molecular flexibility index (Phi) is 5.60. The Hall–Kier alpha value is -2.53. The van der Waals surface area contributed by atoms with Crippen molar-refractivity contribution in [2.24, 2.45) is 5.10 Å². The smallest absolute Gasteiger partial charge is 0.272 e. The molecule has 0 heterocycles. The van der Waals surface area contributed by atoms with Gasteiger partial charge in [0.05, 0.1) is 31.0 Å². The number of ether oxygens (including phenoxy) is 2. The number of hydrogen-bond acceptors (Lipinski definition) is 4. The predicted octanol–water partition coefficient (Wildman–Crippen LogP) is 3.43. The van der Waals surface area contributed by atoms with E-state index in [1.165, 1.54) is 6.21 Å². The van der Waals surface area contributed by atoms with Gasteiger partial charge in [-0.3, -0.25) is 4.79 Å². The molecule has 0 saturated heterocycles. The van der Waals surface area contributed by atoms with E-state index in [2.05, 4.69) is 10.5 Å². The van der Waals surface area contributed by atoms with E-state index in [1.807, 2.05) is 13.0 Å². The summed E-state index contributed by atoms with van der Waals surface area (Å²) in [6.45, 7) is 1.90. The molecule has 6 heteroatoms. The normalized spacial score (nSPS) is 10.6. The largest absolute Gasteiger partial charge is 0.497 e. The molecule has 0 aromatic heterocycles. The molecular weight excluding hydrogens is 316 g/mol. The van der Waals surface area contributed by atoms with Crippen LogP contribution in [0.5, 0.6) is 11.5 Å². The fourth-order valence-electron chi connectivity index (χ4n) is 1.97. The number of methoxy groups -OCH3 is 2. The quantitative estimate of drug-likeness (QED) is 0.674. The number of hydrazone groups is 1. The van der Waals surface area contributed by atoms with Crippen LogP contribution in [0.25, 0.3) is 0 Å². The van der Waals surface area contributed by atoms with E-state index < -0.39 is 0 Å². The van der Waals surface area contributed by atoms with E-state index in [0.717, 1.165) is 5.56 Å². The minimum atomic E-state index is -0.381. The number of aryl methyl sites for hydroxylation is 1. The van der Waals surface area contributed by atoms with Crippen LogP contribution in [0.3, 0.4) is 0 Å². The monoisotopic (exact) mass is 332 g/mol. The zero-order chi connectivity index (χ0) is 16.8. The lowest BCUT2D eigenvalue weighted by Crippen LogP contribution is -2.18. The van der Waals surface area contributed by atoms with Crippen molar-refractivity contribution >= 4 is 23.7 Å². The van der Waals surface area contributed by atoms with Crippen molar-refractivity contribution in [2.45, 2.75) is 6.92 Å². The van der Waals surface area contributed by atoms with Crippen molar-refractivity contribution in [2.75, 3.05) is 14.2 Å². The number of hydrogen-bond donors (Lipinski definition) is 1. The van der Waals surface area contributed by atoms with Gasteiger partial charge in [0.15, 0.2) is 0 Å². The van der Waals surface area contributed by atoms with Crippen molar-refractivity contribution in [3.63, 3.8) is 0 Å². The van der Waals surface area contributed by atoms with E-state index in [-0.39, 0.29) is 5.91 Å². The Bertz CT molecular complexity index is 745. The van der Waals surface area contributed by atoms with Crippen molar-refractivity contribution in [1.29, 1.82) is 0 Å². The van der Waals surface area contributed by atoms with E-state index in [4.69, 9.17) is 21.1 Å². The van der Waals surface area contributed by atoms with Crippen LogP contribution in [0.1, 0.15) is 21.5 Å². The number of carbonyl (C=O) groups is 1. The molecule has 0 unspecified atom stereocenters. The van der Waals surface area contributed by atoms with Gasteiger partial charge in [-0.05, 0) is 42.8 Å². The van der Waals surface area contributed by atoms with Gasteiger partial charge in [0.25, 0.3) is 5.91 Å². The van der Waals surface area contributed by atoms with Gasteiger partial charge in [-0.15, -0.1) is 0 Å². The first kappa shape index (κ1) is 16.8. The van der Waals surface area contributed by atoms with Gasteiger partial charge >= 0.3 is 0 Å². The summed E-state index contributed by atoms with van der Waals surface area (Å²) in [5.41, 5.74) is 4.48. The molecule has 1 N–H and O–H groups in total. The molecule has 0 aliphatic heterocycles. The topological polar surface area (TPSA) is 59.9 Å². The average Bonchev–Trinajstić information content (AvgIpc) is 2.54. The van der Waals surface area contributed by atoms with Crippen LogP contribution < -0.4 is 14.9 Å². The Balaban J connectivity index is 2.13. The predicted molar refractivity (Wildman–Crippen MR) is 90.8 cm³/mol. The molecule has 2 rings (SSSR count). The fourth-order valence-corrected chi connectivity index (χ4v) is 2.29. The highest BCUT2D eigenvalue weighted by molar-refractivity contribution is 6.33. The number of halogens is 1. The average molecular weight is 333 g/mol. The Morgan fingerprint density at radius 3 is 2.61 bits per heavy atom. The summed E-state index contributed by atoms with van der Waals surface area (Å²) in [5, 5.41) is 4.33. The van der Waals surface area contributed by atoms with Crippen molar-refractivity contribution in [3.8, 4) is 11.5 Å². The SMILES string of the molecule is COc1ccc(OC)c(/C=N/NC(=O)c2ccc(C)cc2Cl)c1. The van der Waals surface area contributed by atoms with Crippen LogP contribution in [-0.4, -0.2) is 26.3 Å². The maximum Gasteiger partial charge on any atom is 0.272 e. The third kappa shape index (κ3) is 4.23. The van der Waals surface area contributed by atoms with Crippen LogP contribution >= 0.6 is 11.6 Å². The van der Waals surface area contributed by atoms with Crippen molar-refractivity contribution < 1.29 is 14.3 Å². The third-order valence-corrected chi connectivity index (χ3v) is 3.49. The molecule has 23 heavy (non-hydrogen) atoms. The highest BCUT2D eigenvalue weighted by atomic mass is 35.5. The first-order chi connectivity index (χ1) is 11.0. The summed E-state index contributed by atoms with van der Waals surface area (Å²) in [5.74, 6) is 0.908. The second kappa shape index (κ2) is 7.65. The molecule has 2 aromatic carbocycles. The van der Waals surface area contributed by atoms with Gasteiger partial charge in [-0.25, -0.2) is 5.43 Å². The maximum absolute atomic E-state index is 12.1. The Labute approximate surface area is 139 Å². The lowest BCUT2D eigenvalue weighted by Gasteiger charge is -2.07. The summed E-state index contributed by atoms with van der Waals surface area (Å²) in [6.07, 6.45) is 1.49. The number of nitrogens with one attached hydrogen (secondary N) is 1. The van der Waals surface area contributed by atoms with E-state index in [0.29, 0.717) is 27.6 Å². The summed E-state index contributed by atoms with van der Waals surface area (Å²) >= 11 is 6.06. The Morgan fingerprint density at radius 1 is 1.17 bits per heavy atom. The van der Waals surface area contributed by atoms with E-state index in [1.54, 1.807) is 44.6 Å². The lowest BCUT2D eigenvalue weighted by atomic mass is 10.1. The molecule has 0 fully saturated rings. The molecule has 0 aliphatic rings. The third-order valence-electron chi connectivity index (χ3n) is 3.18. The summed E-state index contributed by atoms with van der Waals surface area (Å²) in [6, 6.07) is 10.5. The molecule has 0 radical (unpaired) electrons. The van der Waals surface area contributed by atoms with Crippen LogP contribution in [-0.2, 0) is 0 Å². The van der Waals surface area contributed by atoms with E-state index >= 15 is 0 Å². The van der Waals surface area contributed by atoms with Gasteiger partial charge < -0.3 is 9.47 Å². The summed E-state index contributed by atoms with van der Waals surface area (Å²) in [4.78, 5) is 12.1. The van der Waals surface area contributed by atoms with Crippen molar-refractivity contribution in [3.05, 3.63) is 58.1 Å². The molecule has 1 amide bonds. The minimum absolute atomic E-state index is 0.368. The van der Waals surface area contributed by atoms with Gasteiger partial charge in [0, 0.05) is 5.56 Å². The first-order valence-electron chi connectivity index (χ1n) is 6.86. The molecule has 0 aliphatic carbocycles. The number of benzene rings is 2. The summed E-state index contributed by atoms with van der Waals surface area (Å²) < 4.78 is 10.4. The lowest BCUT2D eigenvalue weighted by molar-refractivity contribution is 0.0955. The highest BCUT2D eigenvalue weighted by Gasteiger charge is 2.09. The second-order valence-electron chi connectivity index (χ2n) is 4.79. The second-order valence-corrected chi connectivity index (χ2v) is 5.20. The Morgan fingerprint density at radius 2 is 1.96 bits per heavy atom. The van der Waals surface area contributed by atoms with Crippen LogP contribution in [0.4, 0.5) is 0 Å². The zero-order valence-corrected chi connectivity index (χ0v) is 13.8. The van der Waals surface area contributed by atoms with Crippen LogP contribution in [0.15, 0.2) is 41.5 Å². The van der Waals surface area contributed by atoms with Gasteiger partial charge in [-0.1, -0.05) is 17.7 Å². The number of carbonyl (C=O) groups excluding carboxylic acids is 1. The molecular formula is C17H17ClN2O3. The maximum atomic E-state index is 12.1. The van der Waals surface area contributed by atoms with E-state index in [9.17, 15) is 4.79 Å². The van der Waals surface area contributed by atoms with Gasteiger partial charge in [-0.2, -0.15) is 5.10 Å². The fraction of sp³-hybridized carbons (Fsp3) is 0.176. The van der Waals surface area contributed by atoms with Crippen LogP contribution in [0.2, 0.25) is 5.02 Å². The zero-order valence-electron chi connectivity index (χ0n) is 13.1. The molecule has 0 spiro atoms. The minimum Gasteiger partial charge on any atom is -0.497 e. The molecule has 0 bridgehead atoms. The molecule has 0 atom stereocenters. The van der Waals surface area contributed by atoms with Crippen LogP contribution in [0, 0.1) is 6.92 Å². The first-order valence-corrected chi connectivity index (χ1v) is 7.24. The number of amides is 1.